The Morgan fingerprint density at radius 3 is 2.50 bits per heavy atom. The molecule has 0 spiro atoms. The van der Waals surface area contributed by atoms with Gasteiger partial charge in [-0.1, -0.05) is 12.1 Å². The highest BCUT2D eigenvalue weighted by Gasteiger charge is 2.41. The van der Waals surface area contributed by atoms with Gasteiger partial charge in [0.25, 0.3) is 11.5 Å². The van der Waals surface area contributed by atoms with Crippen LogP contribution in [0.25, 0.3) is 16.8 Å². The number of aryl methyl sites for hydroxylation is 2. The molecule has 3 aromatic rings. The van der Waals surface area contributed by atoms with Gasteiger partial charge in [-0.3, -0.25) is 9.59 Å². The Hall–Kier alpha value is -3.03. The van der Waals surface area contributed by atoms with E-state index in [0.717, 1.165) is 34.6 Å². The molecule has 0 bridgehead atoms. The maximum absolute atomic E-state index is 13.8. The highest BCUT2D eigenvalue weighted by Crippen LogP contribution is 2.37. The van der Waals surface area contributed by atoms with E-state index in [2.05, 4.69) is 10.3 Å². The van der Waals surface area contributed by atoms with Gasteiger partial charge >= 0.3 is 6.18 Å². The van der Waals surface area contributed by atoms with Crippen molar-refractivity contribution < 1.29 is 18.0 Å². The van der Waals surface area contributed by atoms with Crippen molar-refractivity contribution in [2.75, 3.05) is 0 Å². The zero-order chi connectivity index (χ0) is 21.8. The number of nitrogens with one attached hydrogen (secondary N) is 2. The van der Waals surface area contributed by atoms with Crippen LogP contribution in [0, 0.1) is 19.8 Å². The minimum atomic E-state index is -4.85. The van der Waals surface area contributed by atoms with Crippen LogP contribution in [0.2, 0.25) is 0 Å². The summed E-state index contributed by atoms with van der Waals surface area (Å²) < 4.78 is 42.6. The molecular weight excluding hydrogens is 395 g/mol. The summed E-state index contributed by atoms with van der Waals surface area (Å²) in [5, 5.41) is 2.65. The smallest absolute Gasteiger partial charge is 0.349 e. The third-order valence-corrected chi connectivity index (χ3v) is 5.80. The molecule has 0 saturated heterocycles. The molecule has 1 aromatic carbocycles. The number of carbonyl (C=O) groups is 1. The molecule has 1 aliphatic rings. The highest BCUT2D eigenvalue weighted by molar-refractivity contribution is 5.98. The topological polar surface area (TPSA) is 66.4 Å². The van der Waals surface area contributed by atoms with Gasteiger partial charge in [0, 0.05) is 18.4 Å². The number of alkyl halides is 3. The fourth-order valence-corrected chi connectivity index (χ4v) is 3.72. The second kappa shape index (κ2) is 7.04. The molecule has 8 heteroatoms. The van der Waals surface area contributed by atoms with Gasteiger partial charge in [0.05, 0.1) is 16.8 Å². The summed E-state index contributed by atoms with van der Waals surface area (Å²) in [5.41, 5.74) is -0.136. The Kier molecular flexibility index (Phi) is 4.75. The van der Waals surface area contributed by atoms with E-state index in [9.17, 15) is 22.8 Å². The number of hydrogen-bond donors (Lipinski definition) is 2. The maximum atomic E-state index is 13.8. The fraction of sp³-hybridized carbons (Fsp3) is 0.364. The van der Waals surface area contributed by atoms with Gasteiger partial charge in [0.15, 0.2) is 0 Å². The summed E-state index contributed by atoms with van der Waals surface area (Å²) in [6.07, 6.45) is -0.447. The summed E-state index contributed by atoms with van der Waals surface area (Å²) >= 11 is 0. The number of carbonyl (C=O) groups excluding carboxylic acids is 1. The number of fused-ring (bicyclic) bond motifs is 1. The molecule has 1 aliphatic carbocycles. The monoisotopic (exact) mass is 417 g/mol. The van der Waals surface area contributed by atoms with Gasteiger partial charge in [-0.05, 0) is 62.3 Å². The van der Waals surface area contributed by atoms with E-state index >= 15 is 0 Å². The molecule has 158 valence electrons. The Bertz CT molecular complexity index is 1200. The predicted molar refractivity (Wildman–Crippen MR) is 108 cm³/mol. The first-order valence-corrected chi connectivity index (χ1v) is 9.80. The van der Waals surface area contributed by atoms with Gasteiger partial charge in [0.2, 0.25) is 0 Å². The van der Waals surface area contributed by atoms with Crippen LogP contribution in [0.15, 0.2) is 35.4 Å². The van der Waals surface area contributed by atoms with Gasteiger partial charge in [-0.2, -0.15) is 13.2 Å². The van der Waals surface area contributed by atoms with E-state index in [4.69, 9.17) is 0 Å². The molecule has 5 nitrogen and oxygen atoms in total. The zero-order valence-corrected chi connectivity index (χ0v) is 16.9. The molecular formula is C22H22F3N3O2. The zero-order valence-electron chi connectivity index (χ0n) is 16.9. The Balaban J connectivity index is 1.86. The average Bonchev–Trinajstić information content (AvgIpc) is 3.42. The molecule has 2 N–H and O–H groups in total. The summed E-state index contributed by atoms with van der Waals surface area (Å²) in [4.78, 5) is 27.8. The minimum absolute atomic E-state index is 0.217. The van der Waals surface area contributed by atoms with Crippen LogP contribution in [0.3, 0.4) is 0 Å². The lowest BCUT2D eigenvalue weighted by Gasteiger charge is -2.14. The summed E-state index contributed by atoms with van der Waals surface area (Å²) in [6, 6.07) is 5.30. The van der Waals surface area contributed by atoms with Crippen molar-refractivity contribution >= 4 is 11.4 Å². The van der Waals surface area contributed by atoms with Gasteiger partial charge in [0.1, 0.15) is 5.52 Å². The van der Waals surface area contributed by atoms with Crippen molar-refractivity contribution in [3.63, 3.8) is 0 Å². The molecule has 0 radical (unpaired) electrons. The van der Waals surface area contributed by atoms with Gasteiger partial charge in [-0.15, -0.1) is 0 Å². The number of amides is 1. The first kappa shape index (κ1) is 20.3. The normalized spacial score (nSPS) is 15.4. The van der Waals surface area contributed by atoms with Crippen LogP contribution in [0.4, 0.5) is 13.2 Å². The number of nitrogens with zero attached hydrogens (tertiary/aromatic N) is 1. The third-order valence-electron chi connectivity index (χ3n) is 5.80. The molecule has 1 atom stereocenters. The highest BCUT2D eigenvalue weighted by atomic mass is 19.4. The Labute approximate surface area is 170 Å². The van der Waals surface area contributed by atoms with Crippen molar-refractivity contribution in [2.45, 2.75) is 45.8 Å². The summed E-state index contributed by atoms with van der Waals surface area (Å²) in [6.45, 7) is 5.64. The number of H-pyrrole nitrogens is 1. The van der Waals surface area contributed by atoms with E-state index < -0.39 is 34.3 Å². The van der Waals surface area contributed by atoms with E-state index in [-0.39, 0.29) is 6.04 Å². The second-order valence-corrected chi connectivity index (χ2v) is 8.07. The largest absolute Gasteiger partial charge is 0.419 e. The number of aromatic amines is 1. The van der Waals surface area contributed by atoms with Crippen LogP contribution in [-0.2, 0) is 6.18 Å². The standard InChI is InChI=1S/C22H22F3N3O2/c1-11-4-5-15(8-12(11)2)17-10-28-9-16(20(29)26-13(3)14-6-7-14)18(22(23,24)25)19(28)21(30)27-17/h4-5,8-10,13-14H,6-7H2,1-3H3,(H,26,29)(H,27,30)/t13-/m0/s1. The average molecular weight is 417 g/mol. The lowest BCUT2D eigenvalue weighted by atomic mass is 10.0. The second-order valence-electron chi connectivity index (χ2n) is 8.07. The van der Waals surface area contributed by atoms with Crippen molar-refractivity contribution in [3.8, 4) is 11.3 Å². The van der Waals surface area contributed by atoms with E-state index in [1.165, 1.54) is 6.20 Å². The lowest BCUT2D eigenvalue weighted by Crippen LogP contribution is -2.34. The fourth-order valence-electron chi connectivity index (χ4n) is 3.72. The molecule has 0 aliphatic heterocycles. The Morgan fingerprint density at radius 1 is 1.20 bits per heavy atom. The van der Waals surface area contributed by atoms with E-state index in [0.29, 0.717) is 17.2 Å². The van der Waals surface area contributed by atoms with Crippen LogP contribution < -0.4 is 10.9 Å². The molecule has 2 heterocycles. The summed E-state index contributed by atoms with van der Waals surface area (Å²) in [5.74, 6) is -0.530. The molecule has 4 rings (SSSR count). The number of halogens is 3. The van der Waals surface area contributed by atoms with Crippen molar-refractivity contribution in [2.24, 2.45) is 5.92 Å². The molecule has 1 amide bonds. The summed E-state index contributed by atoms with van der Waals surface area (Å²) in [7, 11) is 0. The first-order valence-electron chi connectivity index (χ1n) is 9.80. The van der Waals surface area contributed by atoms with Crippen LogP contribution in [0.1, 0.15) is 46.8 Å². The maximum Gasteiger partial charge on any atom is 0.419 e. The van der Waals surface area contributed by atoms with Crippen molar-refractivity contribution in [1.29, 1.82) is 0 Å². The Morgan fingerprint density at radius 2 is 1.90 bits per heavy atom. The number of aromatic nitrogens is 2. The lowest BCUT2D eigenvalue weighted by molar-refractivity contribution is -0.136. The molecule has 2 aromatic heterocycles. The van der Waals surface area contributed by atoms with E-state index in [1.54, 1.807) is 13.0 Å². The van der Waals surface area contributed by atoms with Crippen LogP contribution >= 0.6 is 0 Å². The quantitative estimate of drug-likeness (QED) is 0.658. The molecule has 1 fully saturated rings. The molecule has 0 unspecified atom stereocenters. The van der Waals surface area contributed by atoms with Crippen molar-refractivity contribution in [1.82, 2.24) is 14.7 Å². The molecule has 1 saturated carbocycles. The number of benzene rings is 1. The van der Waals surface area contributed by atoms with Crippen molar-refractivity contribution in [3.05, 3.63) is 63.2 Å². The third kappa shape index (κ3) is 3.62. The SMILES string of the molecule is Cc1ccc(-c2cn3cc(C(=O)N[C@@H](C)C4CC4)c(C(F)(F)F)c3c(=O)[nH]2)cc1C. The number of rotatable bonds is 4. The van der Waals surface area contributed by atoms with Crippen LogP contribution in [-0.4, -0.2) is 21.3 Å². The molecule has 30 heavy (non-hydrogen) atoms. The van der Waals surface area contributed by atoms with Crippen LogP contribution in [0.5, 0.6) is 0 Å². The van der Waals surface area contributed by atoms with Gasteiger partial charge < -0.3 is 14.7 Å². The van der Waals surface area contributed by atoms with Gasteiger partial charge in [-0.25, -0.2) is 0 Å². The van der Waals surface area contributed by atoms with E-state index in [1.807, 2.05) is 26.0 Å². The predicted octanol–water partition coefficient (Wildman–Crippen LogP) is 4.46. The first-order chi connectivity index (χ1) is 14.1. The minimum Gasteiger partial charge on any atom is -0.349 e. The number of hydrogen-bond acceptors (Lipinski definition) is 2.